The van der Waals surface area contributed by atoms with E-state index in [1.165, 1.54) is 12.1 Å². The summed E-state index contributed by atoms with van der Waals surface area (Å²) < 4.78 is 5.28. The maximum absolute atomic E-state index is 12.7. The largest absolute Gasteiger partial charge is 0.465 e. The zero-order chi connectivity index (χ0) is 20.3. The number of rotatable bonds is 7. The Morgan fingerprint density at radius 3 is 2.39 bits per heavy atom. The van der Waals surface area contributed by atoms with Crippen LogP contribution < -0.4 is 11.1 Å². The summed E-state index contributed by atoms with van der Waals surface area (Å²) in [7, 11) is 0. The number of ether oxygens (including phenoxy) is 1. The van der Waals surface area contributed by atoms with Gasteiger partial charge in [-0.2, -0.15) is 0 Å². The van der Waals surface area contributed by atoms with Gasteiger partial charge in [0.1, 0.15) is 5.54 Å². The summed E-state index contributed by atoms with van der Waals surface area (Å²) >= 11 is 0. The highest BCUT2D eigenvalue weighted by Crippen LogP contribution is 2.32. The van der Waals surface area contributed by atoms with Crippen molar-refractivity contribution in [2.24, 2.45) is 5.73 Å². The van der Waals surface area contributed by atoms with E-state index in [9.17, 15) is 19.7 Å². The molecule has 3 rings (SSSR count). The van der Waals surface area contributed by atoms with E-state index in [1.807, 2.05) is 24.3 Å². The third-order valence-electron chi connectivity index (χ3n) is 4.95. The van der Waals surface area contributed by atoms with Gasteiger partial charge in [0.05, 0.1) is 11.5 Å². The number of nitro groups is 1. The lowest BCUT2D eigenvalue weighted by Crippen LogP contribution is -2.53. The van der Waals surface area contributed by atoms with Crippen molar-refractivity contribution < 1.29 is 19.2 Å². The molecule has 146 valence electrons. The number of carbonyl (C=O) groups is 2. The number of nitrogens with zero attached hydrogens (tertiary/aromatic N) is 1. The van der Waals surface area contributed by atoms with E-state index in [2.05, 4.69) is 5.32 Å². The van der Waals surface area contributed by atoms with Crippen LogP contribution >= 0.6 is 0 Å². The Kier molecular flexibility index (Phi) is 5.41. The van der Waals surface area contributed by atoms with Crippen LogP contribution in [-0.2, 0) is 28.9 Å². The summed E-state index contributed by atoms with van der Waals surface area (Å²) in [5, 5.41) is 14.6. The molecular weight excluding hydrogens is 362 g/mol. The van der Waals surface area contributed by atoms with Crippen LogP contribution in [0.25, 0.3) is 0 Å². The minimum atomic E-state index is -0.990. The molecule has 0 bridgehead atoms. The van der Waals surface area contributed by atoms with Crippen molar-refractivity contribution in [1.29, 1.82) is 0 Å². The van der Waals surface area contributed by atoms with Crippen molar-refractivity contribution in [3.8, 4) is 0 Å². The number of primary amides is 1. The second-order valence-electron chi connectivity index (χ2n) is 6.74. The summed E-state index contributed by atoms with van der Waals surface area (Å²) in [5.41, 5.74) is 6.50. The second-order valence-corrected chi connectivity index (χ2v) is 6.74. The Morgan fingerprint density at radius 1 is 1.21 bits per heavy atom. The number of fused-ring (bicyclic) bond motifs is 1. The zero-order valence-electron chi connectivity index (χ0n) is 15.4. The maximum atomic E-state index is 12.7. The van der Waals surface area contributed by atoms with Gasteiger partial charge in [0.15, 0.2) is 0 Å². The predicted octanol–water partition coefficient (Wildman–Crippen LogP) is 1.88. The average molecular weight is 383 g/mol. The molecule has 0 fully saturated rings. The SMILES string of the molecule is CCOC(=O)C1(NCc2ccc(C(N)=O)cc2[N+](=O)[O-])Cc2ccccc2C1. The van der Waals surface area contributed by atoms with Crippen molar-refractivity contribution in [1.82, 2.24) is 5.32 Å². The minimum absolute atomic E-state index is 0.0591. The fourth-order valence-corrected chi connectivity index (χ4v) is 3.53. The fraction of sp³-hybridized carbons (Fsp3) is 0.300. The monoisotopic (exact) mass is 383 g/mol. The van der Waals surface area contributed by atoms with Crippen molar-refractivity contribution in [2.75, 3.05) is 6.61 Å². The Morgan fingerprint density at radius 2 is 1.86 bits per heavy atom. The molecule has 2 aromatic rings. The zero-order valence-corrected chi connectivity index (χ0v) is 15.4. The van der Waals surface area contributed by atoms with Gasteiger partial charge in [-0.05, 0) is 24.1 Å². The van der Waals surface area contributed by atoms with E-state index in [1.54, 1.807) is 6.92 Å². The normalized spacial score (nSPS) is 14.3. The molecule has 0 saturated heterocycles. The van der Waals surface area contributed by atoms with Gasteiger partial charge in [-0.3, -0.25) is 25.0 Å². The van der Waals surface area contributed by atoms with Crippen LogP contribution in [0.4, 0.5) is 5.69 Å². The highest BCUT2D eigenvalue weighted by Gasteiger charge is 2.45. The van der Waals surface area contributed by atoms with Crippen molar-refractivity contribution in [2.45, 2.75) is 31.8 Å². The molecule has 8 nitrogen and oxygen atoms in total. The van der Waals surface area contributed by atoms with Crippen LogP contribution in [0.3, 0.4) is 0 Å². The molecule has 2 aromatic carbocycles. The minimum Gasteiger partial charge on any atom is -0.465 e. The first kappa shape index (κ1) is 19.5. The van der Waals surface area contributed by atoms with Crippen molar-refractivity contribution in [3.63, 3.8) is 0 Å². The van der Waals surface area contributed by atoms with E-state index in [0.717, 1.165) is 17.2 Å². The molecule has 0 spiro atoms. The fourth-order valence-electron chi connectivity index (χ4n) is 3.53. The highest BCUT2D eigenvalue weighted by molar-refractivity contribution is 5.93. The number of nitrogens with two attached hydrogens (primary N) is 1. The summed E-state index contributed by atoms with van der Waals surface area (Å²) in [5.74, 6) is -1.13. The Hall–Kier alpha value is -3.26. The lowest BCUT2D eigenvalue weighted by atomic mass is 9.95. The topological polar surface area (TPSA) is 125 Å². The first-order valence-electron chi connectivity index (χ1n) is 8.92. The number of benzene rings is 2. The van der Waals surface area contributed by atoms with Crippen molar-refractivity contribution in [3.05, 3.63) is 74.8 Å². The number of amides is 1. The molecule has 0 radical (unpaired) electrons. The molecule has 0 aliphatic heterocycles. The van der Waals surface area contributed by atoms with Crippen LogP contribution in [0.5, 0.6) is 0 Å². The second kappa shape index (κ2) is 7.77. The number of esters is 1. The molecule has 1 aliphatic carbocycles. The van der Waals surface area contributed by atoms with Gasteiger partial charge >= 0.3 is 5.97 Å². The number of carbonyl (C=O) groups excluding carboxylic acids is 2. The quantitative estimate of drug-likeness (QED) is 0.427. The van der Waals surface area contributed by atoms with Gasteiger partial charge in [-0.1, -0.05) is 30.3 Å². The first-order chi connectivity index (χ1) is 13.4. The molecule has 0 unspecified atom stereocenters. The number of hydrogen-bond donors (Lipinski definition) is 2. The number of hydrogen-bond acceptors (Lipinski definition) is 6. The Bertz CT molecular complexity index is 916. The molecule has 1 amide bonds. The van der Waals surface area contributed by atoms with E-state index < -0.39 is 16.4 Å². The van der Waals surface area contributed by atoms with Crippen LogP contribution in [-0.4, -0.2) is 28.9 Å². The van der Waals surface area contributed by atoms with Crippen LogP contribution in [0.15, 0.2) is 42.5 Å². The lowest BCUT2D eigenvalue weighted by Gasteiger charge is -2.28. The van der Waals surface area contributed by atoms with Gasteiger partial charge in [0.25, 0.3) is 5.69 Å². The van der Waals surface area contributed by atoms with Crippen LogP contribution in [0, 0.1) is 10.1 Å². The Labute approximate surface area is 161 Å². The van der Waals surface area contributed by atoms with Gasteiger partial charge in [-0.15, -0.1) is 0 Å². The predicted molar refractivity (Wildman–Crippen MR) is 102 cm³/mol. The molecule has 8 heteroatoms. The molecule has 1 aliphatic rings. The summed E-state index contributed by atoms with van der Waals surface area (Å²) in [4.78, 5) is 34.9. The highest BCUT2D eigenvalue weighted by atomic mass is 16.6. The van der Waals surface area contributed by atoms with Gasteiger partial charge in [0.2, 0.25) is 5.91 Å². The van der Waals surface area contributed by atoms with Crippen LogP contribution in [0.1, 0.15) is 34.0 Å². The Balaban J connectivity index is 1.89. The average Bonchev–Trinajstić information content (AvgIpc) is 3.06. The van der Waals surface area contributed by atoms with E-state index >= 15 is 0 Å². The van der Waals surface area contributed by atoms with Gasteiger partial charge in [0, 0.05) is 36.6 Å². The van der Waals surface area contributed by atoms with E-state index in [4.69, 9.17) is 10.5 Å². The molecule has 0 aromatic heterocycles. The number of nitrogens with one attached hydrogen (secondary N) is 1. The lowest BCUT2D eigenvalue weighted by molar-refractivity contribution is -0.385. The van der Waals surface area contributed by atoms with E-state index in [-0.39, 0.29) is 30.4 Å². The molecule has 0 atom stereocenters. The first-order valence-corrected chi connectivity index (χ1v) is 8.92. The summed E-state index contributed by atoms with van der Waals surface area (Å²) in [6.07, 6.45) is 0.879. The molecular formula is C20H21N3O5. The summed E-state index contributed by atoms with van der Waals surface area (Å²) in [6.45, 7) is 2.05. The standard InChI is InChI=1S/C20H21N3O5/c1-2-28-19(25)20(10-14-5-3-4-6-15(14)11-20)22-12-16-8-7-13(18(21)24)9-17(16)23(26)27/h3-9,22H,2,10-12H2,1H3,(H2,21,24). The number of nitro benzene ring substituents is 1. The molecule has 0 heterocycles. The van der Waals surface area contributed by atoms with Crippen LogP contribution in [0.2, 0.25) is 0 Å². The van der Waals surface area contributed by atoms with E-state index in [0.29, 0.717) is 18.4 Å². The molecule has 28 heavy (non-hydrogen) atoms. The maximum Gasteiger partial charge on any atom is 0.327 e. The molecule has 3 N–H and O–H groups in total. The van der Waals surface area contributed by atoms with Gasteiger partial charge < -0.3 is 10.5 Å². The smallest absolute Gasteiger partial charge is 0.327 e. The third-order valence-corrected chi connectivity index (χ3v) is 4.95. The van der Waals surface area contributed by atoms with Crippen molar-refractivity contribution >= 4 is 17.6 Å². The van der Waals surface area contributed by atoms with Gasteiger partial charge in [-0.25, -0.2) is 0 Å². The summed E-state index contributed by atoms with van der Waals surface area (Å²) in [6, 6.07) is 11.8. The molecule has 0 saturated carbocycles. The third kappa shape index (κ3) is 3.72.